The molecule has 118 valence electrons. The van der Waals surface area contributed by atoms with Crippen molar-refractivity contribution < 1.29 is 4.79 Å². The Morgan fingerprint density at radius 3 is 2.38 bits per heavy atom. The maximum Gasteiger partial charge on any atom is 0.271 e. The first kappa shape index (κ1) is 17.8. The van der Waals surface area contributed by atoms with Crippen molar-refractivity contribution in [3.63, 3.8) is 0 Å². The van der Waals surface area contributed by atoms with Crippen LogP contribution in [0.3, 0.4) is 0 Å². The van der Waals surface area contributed by atoms with Crippen molar-refractivity contribution in [2.75, 3.05) is 18.4 Å². The third-order valence-corrected chi connectivity index (χ3v) is 3.93. The lowest BCUT2D eigenvalue weighted by Crippen LogP contribution is -2.34. The lowest BCUT2D eigenvalue weighted by molar-refractivity contribution is 0.0932. The van der Waals surface area contributed by atoms with Crippen molar-refractivity contribution in [3.05, 3.63) is 22.8 Å². The second-order valence-corrected chi connectivity index (χ2v) is 6.33. The van der Waals surface area contributed by atoms with E-state index in [4.69, 9.17) is 11.6 Å². The molecule has 1 aromatic heterocycles. The molecule has 1 amide bonds. The van der Waals surface area contributed by atoms with Gasteiger partial charge in [0.2, 0.25) is 0 Å². The Kier molecular flexibility index (Phi) is 6.96. The van der Waals surface area contributed by atoms with E-state index in [0.717, 1.165) is 6.54 Å². The number of amides is 1. The van der Waals surface area contributed by atoms with Gasteiger partial charge in [0.15, 0.2) is 0 Å². The van der Waals surface area contributed by atoms with Crippen molar-refractivity contribution in [3.8, 4) is 0 Å². The molecule has 0 spiro atoms. The standard InChI is InChI=1S/C16H26ClN3O/c1-6-18-14-8-7-13(17)15(20-14)16(21)19-9-12(10(2)3)11(4)5/h7-8,10-12H,6,9H2,1-5H3,(H,18,20)(H,19,21). The van der Waals surface area contributed by atoms with Crippen LogP contribution in [0.2, 0.25) is 5.02 Å². The molecule has 4 nitrogen and oxygen atoms in total. The van der Waals surface area contributed by atoms with Crippen LogP contribution in [0.4, 0.5) is 5.82 Å². The van der Waals surface area contributed by atoms with Gasteiger partial charge in [-0.3, -0.25) is 4.79 Å². The quantitative estimate of drug-likeness (QED) is 0.804. The average molecular weight is 312 g/mol. The maximum atomic E-state index is 12.3. The van der Waals surface area contributed by atoms with E-state index in [1.165, 1.54) is 0 Å². The molecule has 0 saturated carbocycles. The van der Waals surface area contributed by atoms with Crippen molar-refractivity contribution >= 4 is 23.3 Å². The molecule has 0 aromatic carbocycles. The zero-order valence-electron chi connectivity index (χ0n) is 13.5. The zero-order valence-corrected chi connectivity index (χ0v) is 14.3. The minimum atomic E-state index is -0.217. The normalized spacial score (nSPS) is 11.3. The first-order valence-electron chi connectivity index (χ1n) is 7.55. The van der Waals surface area contributed by atoms with E-state index >= 15 is 0 Å². The van der Waals surface area contributed by atoms with Crippen LogP contribution in [0, 0.1) is 17.8 Å². The number of pyridine rings is 1. The van der Waals surface area contributed by atoms with E-state index in [1.54, 1.807) is 12.1 Å². The monoisotopic (exact) mass is 311 g/mol. The van der Waals surface area contributed by atoms with Gasteiger partial charge in [-0.15, -0.1) is 0 Å². The molecule has 0 radical (unpaired) electrons. The summed E-state index contributed by atoms with van der Waals surface area (Å²) in [5, 5.41) is 6.41. The average Bonchev–Trinajstić information content (AvgIpc) is 2.40. The SMILES string of the molecule is CCNc1ccc(Cl)c(C(=O)NCC(C(C)C)C(C)C)n1. The lowest BCUT2D eigenvalue weighted by Gasteiger charge is -2.25. The summed E-state index contributed by atoms with van der Waals surface area (Å²) in [6, 6.07) is 3.47. The Hall–Kier alpha value is -1.29. The molecule has 0 aliphatic heterocycles. The predicted molar refractivity (Wildman–Crippen MR) is 88.9 cm³/mol. The van der Waals surface area contributed by atoms with Crippen LogP contribution in [0.1, 0.15) is 45.1 Å². The number of nitrogens with one attached hydrogen (secondary N) is 2. The van der Waals surface area contributed by atoms with Gasteiger partial charge in [0.05, 0.1) is 5.02 Å². The highest BCUT2D eigenvalue weighted by atomic mass is 35.5. The summed E-state index contributed by atoms with van der Waals surface area (Å²) >= 11 is 6.08. The summed E-state index contributed by atoms with van der Waals surface area (Å²) in [6.07, 6.45) is 0. The van der Waals surface area contributed by atoms with Crippen LogP contribution >= 0.6 is 11.6 Å². The van der Waals surface area contributed by atoms with Crippen molar-refractivity contribution in [1.29, 1.82) is 0 Å². The second-order valence-electron chi connectivity index (χ2n) is 5.92. The Balaban J connectivity index is 2.77. The Morgan fingerprint density at radius 2 is 1.86 bits per heavy atom. The lowest BCUT2D eigenvalue weighted by atomic mass is 9.85. The maximum absolute atomic E-state index is 12.3. The number of carbonyl (C=O) groups is 1. The van der Waals surface area contributed by atoms with Crippen LogP contribution in [0.5, 0.6) is 0 Å². The van der Waals surface area contributed by atoms with Gasteiger partial charge < -0.3 is 10.6 Å². The first-order chi connectivity index (χ1) is 9.86. The molecule has 0 aliphatic rings. The van der Waals surface area contributed by atoms with E-state index in [9.17, 15) is 4.79 Å². The van der Waals surface area contributed by atoms with E-state index in [1.807, 2.05) is 6.92 Å². The fourth-order valence-corrected chi connectivity index (χ4v) is 2.61. The summed E-state index contributed by atoms with van der Waals surface area (Å²) in [6.45, 7) is 12.1. The molecule has 0 fully saturated rings. The number of anilines is 1. The van der Waals surface area contributed by atoms with Gasteiger partial charge in [0.25, 0.3) is 5.91 Å². The number of rotatable bonds is 7. The highest BCUT2D eigenvalue weighted by Crippen LogP contribution is 2.20. The van der Waals surface area contributed by atoms with E-state index in [2.05, 4.69) is 43.3 Å². The fraction of sp³-hybridized carbons (Fsp3) is 0.625. The van der Waals surface area contributed by atoms with Crippen molar-refractivity contribution in [2.45, 2.75) is 34.6 Å². The second kappa shape index (κ2) is 8.23. The minimum Gasteiger partial charge on any atom is -0.370 e. The summed E-state index contributed by atoms with van der Waals surface area (Å²) in [5.74, 6) is 1.91. The van der Waals surface area contributed by atoms with Gasteiger partial charge in [-0.05, 0) is 36.8 Å². The Morgan fingerprint density at radius 1 is 1.24 bits per heavy atom. The Bertz CT molecular complexity index is 467. The van der Waals surface area contributed by atoms with Crippen LogP contribution in [0.25, 0.3) is 0 Å². The molecule has 21 heavy (non-hydrogen) atoms. The molecule has 0 aliphatic carbocycles. The summed E-state index contributed by atoms with van der Waals surface area (Å²) < 4.78 is 0. The van der Waals surface area contributed by atoms with Gasteiger partial charge in [-0.25, -0.2) is 4.98 Å². The number of hydrogen-bond acceptors (Lipinski definition) is 3. The van der Waals surface area contributed by atoms with E-state index in [-0.39, 0.29) is 11.6 Å². The molecule has 2 N–H and O–H groups in total. The van der Waals surface area contributed by atoms with E-state index in [0.29, 0.717) is 35.1 Å². The largest absolute Gasteiger partial charge is 0.370 e. The van der Waals surface area contributed by atoms with Gasteiger partial charge in [-0.2, -0.15) is 0 Å². The van der Waals surface area contributed by atoms with Crippen LogP contribution < -0.4 is 10.6 Å². The molecule has 0 bridgehead atoms. The third kappa shape index (κ3) is 5.20. The number of nitrogens with zero attached hydrogens (tertiary/aromatic N) is 1. The topological polar surface area (TPSA) is 54.0 Å². The minimum absolute atomic E-state index is 0.217. The molecule has 0 saturated heterocycles. The summed E-state index contributed by atoms with van der Waals surface area (Å²) in [5.41, 5.74) is 0.279. The number of hydrogen-bond donors (Lipinski definition) is 2. The molecule has 1 rings (SSSR count). The fourth-order valence-electron chi connectivity index (χ4n) is 2.42. The molecular weight excluding hydrogens is 286 g/mol. The van der Waals surface area contributed by atoms with Crippen LogP contribution in [0.15, 0.2) is 12.1 Å². The highest BCUT2D eigenvalue weighted by molar-refractivity contribution is 6.33. The first-order valence-corrected chi connectivity index (χ1v) is 7.93. The predicted octanol–water partition coefficient (Wildman–Crippen LogP) is 3.82. The van der Waals surface area contributed by atoms with Gasteiger partial charge >= 0.3 is 0 Å². The van der Waals surface area contributed by atoms with Crippen LogP contribution in [-0.4, -0.2) is 24.0 Å². The number of halogens is 1. The van der Waals surface area contributed by atoms with Crippen molar-refractivity contribution in [1.82, 2.24) is 10.3 Å². The third-order valence-electron chi connectivity index (χ3n) is 3.63. The smallest absolute Gasteiger partial charge is 0.271 e. The molecule has 1 aromatic rings. The molecule has 0 unspecified atom stereocenters. The number of carbonyl (C=O) groups excluding carboxylic acids is 1. The van der Waals surface area contributed by atoms with Crippen molar-refractivity contribution in [2.24, 2.45) is 17.8 Å². The number of aromatic nitrogens is 1. The summed E-state index contributed by atoms with van der Waals surface area (Å²) in [7, 11) is 0. The molecular formula is C16H26ClN3O. The van der Waals surface area contributed by atoms with Crippen LogP contribution in [-0.2, 0) is 0 Å². The summed E-state index contributed by atoms with van der Waals surface area (Å²) in [4.78, 5) is 16.6. The highest BCUT2D eigenvalue weighted by Gasteiger charge is 2.20. The molecule has 1 heterocycles. The van der Waals surface area contributed by atoms with Gasteiger partial charge in [0.1, 0.15) is 11.5 Å². The molecule has 0 atom stereocenters. The molecule has 5 heteroatoms. The Labute approximate surface area is 132 Å². The zero-order chi connectivity index (χ0) is 16.0. The van der Waals surface area contributed by atoms with E-state index < -0.39 is 0 Å². The van der Waals surface area contributed by atoms with Gasteiger partial charge in [-0.1, -0.05) is 39.3 Å². The van der Waals surface area contributed by atoms with Gasteiger partial charge in [0, 0.05) is 13.1 Å².